The van der Waals surface area contributed by atoms with E-state index in [2.05, 4.69) is 48.3 Å². The van der Waals surface area contributed by atoms with Gasteiger partial charge in [-0.05, 0) is 42.8 Å². The highest BCUT2D eigenvalue weighted by atomic mass is 35.5. The third-order valence-corrected chi connectivity index (χ3v) is 16.0. The van der Waals surface area contributed by atoms with Crippen LogP contribution in [0.1, 0.15) is 17.8 Å². The van der Waals surface area contributed by atoms with Crippen LogP contribution < -0.4 is 9.47 Å². The molecule has 379 valence electrons. The van der Waals surface area contributed by atoms with E-state index in [9.17, 15) is 34.4 Å². The van der Waals surface area contributed by atoms with Crippen LogP contribution in [-0.4, -0.2) is 109 Å². The minimum absolute atomic E-state index is 0.0116. The lowest BCUT2D eigenvalue weighted by molar-refractivity contribution is 0.0719. The first-order valence-corrected chi connectivity index (χ1v) is 28.2. The Hall–Kier alpha value is -6.12. The van der Waals surface area contributed by atoms with Crippen molar-refractivity contribution in [2.24, 2.45) is 0 Å². The zero-order valence-corrected chi connectivity index (χ0v) is 43.4. The largest absolute Gasteiger partial charge is 0.421 e. The fraction of sp³-hybridized carbons (Fsp3) is 0.261. The minimum atomic E-state index is -3.81. The van der Waals surface area contributed by atoms with Crippen LogP contribution in [0.15, 0.2) is 84.9 Å². The summed E-state index contributed by atoms with van der Waals surface area (Å²) in [5.41, 5.74) is 2.35. The molecule has 17 nitrogen and oxygen atoms in total. The molecule has 4 aromatic carbocycles. The van der Waals surface area contributed by atoms with Crippen molar-refractivity contribution in [2.75, 3.05) is 34.8 Å². The molecule has 0 atom stereocenters. The molecule has 0 unspecified atom stereocenters. The number of aromatic amines is 1. The first-order valence-electron chi connectivity index (χ1n) is 21.6. The monoisotopic (exact) mass is 1090 g/mol. The number of nitrogens with zero attached hydrogens (tertiary/aromatic N) is 9. The van der Waals surface area contributed by atoms with E-state index >= 15 is 0 Å². The van der Waals surface area contributed by atoms with Gasteiger partial charge in [0.05, 0.1) is 32.9 Å². The highest BCUT2D eigenvalue weighted by molar-refractivity contribution is 7.88. The molecule has 0 saturated heterocycles. The Balaban J connectivity index is 0.000000216. The van der Waals surface area contributed by atoms with Crippen molar-refractivity contribution < 1.29 is 48.6 Å². The van der Waals surface area contributed by atoms with Gasteiger partial charge in [-0.2, -0.15) is 30.1 Å². The topological polar surface area (TPSA) is 201 Å². The lowest BCUT2D eigenvalue weighted by Gasteiger charge is -2.13. The lowest BCUT2D eigenvalue weighted by Crippen LogP contribution is -2.24. The zero-order chi connectivity index (χ0) is 52.1. The van der Waals surface area contributed by atoms with E-state index < -0.39 is 54.8 Å². The van der Waals surface area contributed by atoms with E-state index in [0.29, 0.717) is 62.1 Å². The second kappa shape index (κ2) is 22.7. The molecular weight excluding hydrogens is 1040 g/mol. The average molecular weight is 1090 g/mol. The second-order valence-electron chi connectivity index (χ2n) is 16.5. The van der Waals surface area contributed by atoms with Gasteiger partial charge in [-0.3, -0.25) is 5.10 Å². The fourth-order valence-electron chi connectivity index (χ4n) is 6.78. The Morgan fingerprint density at radius 1 is 0.681 bits per heavy atom. The van der Waals surface area contributed by atoms with Crippen LogP contribution in [-0.2, 0) is 43.0 Å². The van der Waals surface area contributed by atoms with Crippen molar-refractivity contribution >= 4 is 74.1 Å². The van der Waals surface area contributed by atoms with Crippen LogP contribution in [0.25, 0.3) is 44.6 Å². The normalized spacial score (nSPS) is 12.0. The van der Waals surface area contributed by atoms with E-state index in [0.717, 1.165) is 45.3 Å². The minimum Gasteiger partial charge on any atom is -0.421 e. The van der Waals surface area contributed by atoms with Crippen molar-refractivity contribution in [2.45, 2.75) is 43.8 Å². The summed E-state index contributed by atoms with van der Waals surface area (Å²) in [6, 6.07) is 19.9. The Labute approximate surface area is 423 Å². The van der Waals surface area contributed by atoms with Gasteiger partial charge in [0, 0.05) is 71.9 Å². The SMILES string of the molecule is CN(C)S(=O)(=O)Cc1nc(Oc2ccc(F)cc2F)nc2c1c(-c1ccccc1Cl)nn2COCCC[Si](C)C.CN(C)S(=O)(=O)Cc1nc(Oc2ccc(F)cc2F)nc2n[nH]c(-c3ccccc3Cl)c12. The number of halogens is 6. The quantitative estimate of drug-likeness (QED) is 0.0484. The molecule has 0 aliphatic rings. The molecule has 0 fully saturated rings. The first-order chi connectivity index (χ1) is 34.1. The average Bonchev–Trinajstić information content (AvgIpc) is 3.90. The number of H-pyrrole nitrogens is 1. The number of ether oxygens (including phenoxy) is 3. The molecule has 26 heteroatoms. The number of fused-ring (bicyclic) bond motifs is 2. The molecular formula is C46H45Cl2F4N10O7S2Si. The maximum absolute atomic E-state index is 14.4. The van der Waals surface area contributed by atoms with Gasteiger partial charge in [0.25, 0.3) is 0 Å². The molecule has 4 aromatic heterocycles. The van der Waals surface area contributed by atoms with Crippen LogP contribution in [0.4, 0.5) is 17.6 Å². The van der Waals surface area contributed by atoms with E-state index in [1.54, 1.807) is 48.5 Å². The van der Waals surface area contributed by atoms with Crippen LogP contribution >= 0.6 is 23.2 Å². The molecule has 0 amide bonds. The summed E-state index contributed by atoms with van der Waals surface area (Å²) in [7, 11) is -2.35. The molecule has 8 rings (SSSR count). The second-order valence-corrected chi connectivity index (χ2v) is 24.6. The Bertz CT molecular complexity index is 3500. The molecule has 0 saturated carbocycles. The molecule has 1 radical (unpaired) electrons. The Kier molecular flexibility index (Phi) is 17.0. The molecule has 4 heterocycles. The summed E-state index contributed by atoms with van der Waals surface area (Å²) in [5.74, 6) is -5.16. The van der Waals surface area contributed by atoms with Gasteiger partial charge in [-0.15, -0.1) is 0 Å². The molecule has 0 aliphatic heterocycles. The van der Waals surface area contributed by atoms with Gasteiger partial charge in [-0.25, -0.2) is 47.7 Å². The van der Waals surface area contributed by atoms with Crippen LogP contribution in [0, 0.1) is 23.3 Å². The summed E-state index contributed by atoms with van der Waals surface area (Å²) in [6.07, 6.45) is 0.886. The van der Waals surface area contributed by atoms with Crippen molar-refractivity contribution in [3.63, 3.8) is 0 Å². The number of rotatable bonds is 18. The fourth-order valence-corrected chi connectivity index (χ4v) is 9.71. The summed E-state index contributed by atoms with van der Waals surface area (Å²) in [4.78, 5) is 17.2. The number of hydrogen-bond donors (Lipinski definition) is 1. The Morgan fingerprint density at radius 2 is 1.19 bits per heavy atom. The van der Waals surface area contributed by atoms with E-state index in [1.807, 2.05) is 0 Å². The van der Waals surface area contributed by atoms with Crippen LogP contribution in [0.3, 0.4) is 0 Å². The van der Waals surface area contributed by atoms with Gasteiger partial charge >= 0.3 is 12.0 Å². The molecule has 0 bridgehead atoms. The van der Waals surface area contributed by atoms with E-state index in [1.165, 1.54) is 32.9 Å². The van der Waals surface area contributed by atoms with Gasteiger partial charge in [0.2, 0.25) is 20.0 Å². The number of sulfonamides is 2. The number of hydrogen-bond acceptors (Lipinski definition) is 13. The first kappa shape index (κ1) is 53.7. The van der Waals surface area contributed by atoms with Crippen molar-refractivity contribution in [3.8, 4) is 46.0 Å². The lowest BCUT2D eigenvalue weighted by atomic mass is 10.1. The predicted octanol–water partition coefficient (Wildman–Crippen LogP) is 9.86. The summed E-state index contributed by atoms with van der Waals surface area (Å²) in [6.45, 7) is 4.97. The Morgan fingerprint density at radius 3 is 1.71 bits per heavy atom. The van der Waals surface area contributed by atoms with E-state index in [-0.39, 0.29) is 61.7 Å². The van der Waals surface area contributed by atoms with Crippen molar-refractivity contribution in [1.29, 1.82) is 0 Å². The number of benzene rings is 4. The van der Waals surface area contributed by atoms with E-state index in [4.69, 9.17) is 37.4 Å². The maximum atomic E-state index is 14.4. The highest BCUT2D eigenvalue weighted by Crippen LogP contribution is 2.37. The molecule has 72 heavy (non-hydrogen) atoms. The zero-order valence-electron chi connectivity index (χ0n) is 39.3. The maximum Gasteiger partial charge on any atom is 0.324 e. The standard InChI is InChI=1S/C26H29ClF2N5O4SSi.C20H16ClF2N5O3S/c1-33(2)39(35,36)15-21-23-24(18-8-5-6-9-19(18)27)32-34(16-37-12-7-13-40(3)4)25(23)31-26(30-21)38-22-11-10-17(28)14-20(22)29;1-28(2)32(29,30)10-15-17-18(12-5-3-4-6-13(12)21)26-27-19(17)25-20(24-15)31-16-8-7-11(22)9-14(16)23/h5-6,8-11,14H,7,12-13,15-16H2,1-4H3;3-9H,10H2,1-2H3,(H,24,25,26,27). The van der Waals surface area contributed by atoms with Gasteiger partial charge in [0.1, 0.15) is 35.6 Å². The van der Waals surface area contributed by atoms with Crippen LogP contribution in [0.2, 0.25) is 29.2 Å². The number of nitrogens with one attached hydrogen (secondary N) is 1. The third kappa shape index (κ3) is 12.7. The molecule has 1 N–H and O–H groups in total. The predicted molar refractivity (Wildman–Crippen MR) is 266 cm³/mol. The summed E-state index contributed by atoms with van der Waals surface area (Å²) < 4.78 is 127. The molecule has 8 aromatic rings. The third-order valence-electron chi connectivity index (χ3n) is 10.5. The van der Waals surface area contributed by atoms with Gasteiger partial charge in [-0.1, -0.05) is 78.7 Å². The van der Waals surface area contributed by atoms with Crippen molar-refractivity contribution in [1.82, 2.24) is 48.5 Å². The molecule has 0 aliphatic carbocycles. The summed E-state index contributed by atoms with van der Waals surface area (Å²) in [5, 5.41) is 13.1. The van der Waals surface area contributed by atoms with Crippen LogP contribution in [0.5, 0.6) is 23.5 Å². The smallest absolute Gasteiger partial charge is 0.324 e. The van der Waals surface area contributed by atoms with Crippen molar-refractivity contribution in [3.05, 3.63) is 130 Å². The van der Waals surface area contributed by atoms with Gasteiger partial charge in [0.15, 0.2) is 34.4 Å². The van der Waals surface area contributed by atoms with Gasteiger partial charge < -0.3 is 14.2 Å². The summed E-state index contributed by atoms with van der Waals surface area (Å²) >= 11 is 12.8. The highest BCUT2D eigenvalue weighted by Gasteiger charge is 2.28. The molecule has 0 spiro atoms. The number of aromatic nitrogens is 8.